The van der Waals surface area contributed by atoms with E-state index in [0.717, 1.165) is 5.56 Å². The Hall–Kier alpha value is -1.73. The molecule has 0 saturated carbocycles. The van der Waals surface area contributed by atoms with E-state index >= 15 is 0 Å². The Balaban J connectivity index is 3.49. The summed E-state index contributed by atoms with van der Waals surface area (Å²) in [4.78, 5) is 11.9. The molecule has 0 aromatic heterocycles. The van der Waals surface area contributed by atoms with Gasteiger partial charge in [-0.25, -0.2) is 4.79 Å². The largest absolute Gasteiger partial charge is 0.426 e. The third kappa shape index (κ3) is 4.67. The van der Waals surface area contributed by atoms with Gasteiger partial charge in [-0.3, -0.25) is 0 Å². The Kier molecular flexibility index (Phi) is 7.31. The van der Waals surface area contributed by atoms with E-state index < -0.39 is 19.8 Å². The molecule has 0 heterocycles. The molecule has 1 rings (SSSR count). The van der Waals surface area contributed by atoms with E-state index in [4.69, 9.17) is 4.74 Å². The van der Waals surface area contributed by atoms with Crippen molar-refractivity contribution in [2.24, 2.45) is 0 Å². The Labute approximate surface area is 154 Å². The summed E-state index contributed by atoms with van der Waals surface area (Å²) < 4.78 is 5.71. The molecule has 1 aromatic rings. The standard InChI is InChI=1S/C21H33NO2Si/c1-16(2)25(17(3)4,18(5)6)15-14-21(7,24-20(23)22-8)19-12-10-9-11-13-19/h9-13,16-18H,1-8H3,(H,22,23). The van der Waals surface area contributed by atoms with Crippen LogP contribution in [-0.2, 0) is 10.3 Å². The fourth-order valence-electron chi connectivity index (χ4n) is 3.81. The highest BCUT2D eigenvalue weighted by Gasteiger charge is 2.42. The lowest BCUT2D eigenvalue weighted by Gasteiger charge is -2.38. The molecule has 1 N–H and O–H groups in total. The van der Waals surface area contributed by atoms with Crippen LogP contribution in [0.3, 0.4) is 0 Å². The Morgan fingerprint density at radius 2 is 1.52 bits per heavy atom. The molecule has 0 bridgehead atoms. The van der Waals surface area contributed by atoms with Gasteiger partial charge in [0.25, 0.3) is 0 Å². The van der Waals surface area contributed by atoms with Crippen molar-refractivity contribution in [1.82, 2.24) is 5.32 Å². The van der Waals surface area contributed by atoms with Gasteiger partial charge >= 0.3 is 6.09 Å². The van der Waals surface area contributed by atoms with Crippen LogP contribution in [0.15, 0.2) is 30.3 Å². The number of alkyl carbamates (subject to hydrolysis) is 1. The number of benzene rings is 1. The summed E-state index contributed by atoms with van der Waals surface area (Å²) in [5.41, 5.74) is 5.20. The highest BCUT2D eigenvalue weighted by atomic mass is 28.3. The van der Waals surface area contributed by atoms with Gasteiger partial charge in [0.15, 0.2) is 5.60 Å². The van der Waals surface area contributed by atoms with E-state index in [-0.39, 0.29) is 0 Å². The lowest BCUT2D eigenvalue weighted by Crippen LogP contribution is -2.44. The van der Waals surface area contributed by atoms with Crippen LogP contribution in [0.4, 0.5) is 4.79 Å². The average Bonchev–Trinajstić information content (AvgIpc) is 2.55. The van der Waals surface area contributed by atoms with Crippen molar-refractivity contribution in [3.05, 3.63) is 35.9 Å². The predicted octanol–water partition coefficient (Wildman–Crippen LogP) is 5.48. The predicted molar refractivity (Wildman–Crippen MR) is 108 cm³/mol. The maximum atomic E-state index is 11.9. The van der Waals surface area contributed by atoms with Gasteiger partial charge in [0.1, 0.15) is 8.07 Å². The highest BCUT2D eigenvalue weighted by Crippen LogP contribution is 2.41. The number of carbonyl (C=O) groups is 1. The van der Waals surface area contributed by atoms with Crippen LogP contribution >= 0.6 is 0 Å². The molecule has 1 atom stereocenters. The van der Waals surface area contributed by atoms with Gasteiger partial charge in [-0.15, -0.1) is 5.54 Å². The molecule has 3 nitrogen and oxygen atoms in total. The molecule has 138 valence electrons. The number of ether oxygens (including phenoxy) is 1. The molecule has 1 unspecified atom stereocenters. The van der Waals surface area contributed by atoms with Crippen LogP contribution in [-0.4, -0.2) is 21.2 Å². The van der Waals surface area contributed by atoms with Crippen molar-refractivity contribution in [1.29, 1.82) is 0 Å². The maximum Gasteiger partial charge on any atom is 0.408 e. The van der Waals surface area contributed by atoms with Crippen LogP contribution in [0.5, 0.6) is 0 Å². The van der Waals surface area contributed by atoms with Crippen LogP contribution in [0.25, 0.3) is 0 Å². The smallest absolute Gasteiger partial charge is 0.408 e. The molecule has 0 aliphatic carbocycles. The number of nitrogens with one attached hydrogen (secondary N) is 1. The van der Waals surface area contributed by atoms with Gasteiger partial charge in [-0.2, -0.15) is 0 Å². The molecule has 1 amide bonds. The number of hydrogen-bond acceptors (Lipinski definition) is 2. The lowest BCUT2D eigenvalue weighted by atomic mass is 9.97. The van der Waals surface area contributed by atoms with Gasteiger partial charge in [0, 0.05) is 12.6 Å². The molecule has 1 aromatic carbocycles. The summed E-state index contributed by atoms with van der Waals surface area (Å²) in [5.74, 6) is 3.39. The van der Waals surface area contributed by atoms with Crippen molar-refractivity contribution < 1.29 is 9.53 Å². The van der Waals surface area contributed by atoms with Gasteiger partial charge in [0.2, 0.25) is 0 Å². The normalized spacial score (nSPS) is 14.0. The Bertz CT molecular complexity index is 607. The minimum Gasteiger partial charge on any atom is -0.426 e. The third-order valence-electron chi connectivity index (χ3n) is 5.21. The average molecular weight is 360 g/mol. The van der Waals surface area contributed by atoms with Crippen LogP contribution in [0.2, 0.25) is 16.6 Å². The number of hydrogen-bond donors (Lipinski definition) is 1. The minimum atomic E-state index is -1.90. The third-order valence-corrected chi connectivity index (χ3v) is 11.5. The summed E-state index contributed by atoms with van der Waals surface area (Å²) in [5, 5.41) is 2.54. The maximum absolute atomic E-state index is 11.9. The summed E-state index contributed by atoms with van der Waals surface area (Å²) in [6.07, 6.45) is -0.466. The van der Waals surface area contributed by atoms with E-state index in [0.29, 0.717) is 16.6 Å². The number of rotatable bonds is 5. The second-order valence-corrected chi connectivity index (χ2v) is 13.3. The second-order valence-electron chi connectivity index (χ2n) is 7.69. The monoisotopic (exact) mass is 359 g/mol. The molecule has 0 aliphatic rings. The SMILES string of the molecule is CNC(=O)OC(C)(C#C[Si](C(C)C)(C(C)C)C(C)C)c1ccccc1. The molecular weight excluding hydrogens is 326 g/mol. The molecule has 0 aliphatic heterocycles. The fourth-order valence-corrected chi connectivity index (χ4v) is 9.13. The summed E-state index contributed by atoms with van der Waals surface area (Å²) in [6, 6.07) is 9.76. The summed E-state index contributed by atoms with van der Waals surface area (Å²) >= 11 is 0. The van der Waals surface area contributed by atoms with Crippen molar-refractivity contribution >= 4 is 14.2 Å². The Morgan fingerprint density at radius 3 is 1.92 bits per heavy atom. The molecule has 25 heavy (non-hydrogen) atoms. The number of carbonyl (C=O) groups excluding carboxylic acids is 1. The lowest BCUT2D eigenvalue weighted by molar-refractivity contribution is 0.0661. The van der Waals surface area contributed by atoms with Gasteiger partial charge in [0.05, 0.1) is 0 Å². The van der Waals surface area contributed by atoms with Crippen molar-refractivity contribution in [3.8, 4) is 11.5 Å². The van der Waals surface area contributed by atoms with Crippen molar-refractivity contribution in [2.75, 3.05) is 7.05 Å². The topological polar surface area (TPSA) is 38.3 Å². The van der Waals surface area contributed by atoms with Crippen molar-refractivity contribution in [3.63, 3.8) is 0 Å². The first-order valence-electron chi connectivity index (χ1n) is 9.10. The summed E-state index contributed by atoms with van der Waals surface area (Å²) in [6.45, 7) is 15.5. The first kappa shape index (κ1) is 21.3. The van der Waals surface area contributed by atoms with E-state index in [1.54, 1.807) is 7.05 Å². The zero-order valence-corrected chi connectivity index (χ0v) is 17.9. The van der Waals surface area contributed by atoms with Gasteiger partial charge in [-0.05, 0) is 23.5 Å². The molecule has 0 saturated heterocycles. The molecule has 0 spiro atoms. The molecule has 4 heteroatoms. The van der Waals surface area contributed by atoms with E-state index in [1.807, 2.05) is 37.3 Å². The van der Waals surface area contributed by atoms with Crippen molar-refractivity contribution in [2.45, 2.75) is 70.7 Å². The summed E-state index contributed by atoms with van der Waals surface area (Å²) in [7, 11) is -0.338. The van der Waals surface area contributed by atoms with E-state index in [1.165, 1.54) is 0 Å². The second kappa shape index (κ2) is 8.58. The van der Waals surface area contributed by atoms with Gasteiger partial charge in [-0.1, -0.05) is 77.8 Å². The quantitative estimate of drug-likeness (QED) is 0.558. The van der Waals surface area contributed by atoms with Crippen LogP contribution in [0.1, 0.15) is 54.0 Å². The Morgan fingerprint density at radius 1 is 1.04 bits per heavy atom. The fraction of sp³-hybridized carbons (Fsp3) is 0.571. The van der Waals surface area contributed by atoms with Crippen LogP contribution < -0.4 is 5.32 Å². The first-order valence-corrected chi connectivity index (χ1v) is 11.3. The number of amides is 1. The molecule has 0 radical (unpaired) electrons. The van der Waals surface area contributed by atoms with Gasteiger partial charge < -0.3 is 10.1 Å². The highest BCUT2D eigenvalue weighted by molar-refractivity contribution is 6.90. The first-order chi connectivity index (χ1) is 11.6. The zero-order chi connectivity index (χ0) is 19.3. The molecular formula is C21H33NO2Si. The van der Waals surface area contributed by atoms with E-state index in [2.05, 4.69) is 58.3 Å². The van der Waals surface area contributed by atoms with E-state index in [9.17, 15) is 4.79 Å². The minimum absolute atomic E-state index is 0.466. The molecule has 0 fully saturated rings. The van der Waals surface area contributed by atoms with Crippen LogP contribution in [0, 0.1) is 11.5 Å². The zero-order valence-electron chi connectivity index (χ0n) is 16.9.